The Balaban J connectivity index is 1.67. The first kappa shape index (κ1) is 16.7. The summed E-state index contributed by atoms with van der Waals surface area (Å²) in [4.78, 5) is 15.6. The smallest absolute Gasteiger partial charge is 0.302 e. The molecule has 3 atom stereocenters. The van der Waals surface area contributed by atoms with Gasteiger partial charge in [-0.3, -0.25) is 9.36 Å². The van der Waals surface area contributed by atoms with Crippen molar-refractivity contribution in [2.75, 3.05) is 6.61 Å². The normalized spacial score (nSPS) is 26.8. The molecule has 2 aliphatic heterocycles. The highest BCUT2D eigenvalue weighted by Crippen LogP contribution is 2.40. The van der Waals surface area contributed by atoms with Crippen LogP contribution in [0.3, 0.4) is 0 Å². The molecule has 0 spiro atoms. The third-order valence-electron chi connectivity index (χ3n) is 5.20. The number of aromatic nitrogens is 2. The molecule has 0 aromatic carbocycles. The minimum Gasteiger partial charge on any atom is -0.456 e. The van der Waals surface area contributed by atoms with Crippen LogP contribution in [-0.2, 0) is 9.16 Å². The zero-order valence-corrected chi connectivity index (χ0v) is 15.8. The molecule has 0 saturated carbocycles. The molecule has 1 fully saturated rings. The van der Waals surface area contributed by atoms with Crippen LogP contribution >= 0.6 is 0 Å². The minimum absolute atomic E-state index is 0.0204. The number of hydrogen-bond donors (Lipinski definition) is 0. The number of rotatable bonds is 3. The number of hydrogen-bond acceptors (Lipinski definition) is 5. The van der Waals surface area contributed by atoms with E-state index in [1.807, 2.05) is 4.57 Å². The van der Waals surface area contributed by atoms with Gasteiger partial charge in [-0.15, -0.1) is 0 Å². The van der Waals surface area contributed by atoms with Crippen LogP contribution in [0.2, 0.25) is 18.1 Å². The van der Waals surface area contributed by atoms with Crippen LogP contribution in [0.25, 0.3) is 0 Å². The first-order valence-corrected chi connectivity index (χ1v) is 11.1. The number of fused-ring (bicyclic) bond motifs is 3. The molecule has 1 aromatic heterocycles. The van der Waals surface area contributed by atoms with Gasteiger partial charge in [-0.25, -0.2) is 0 Å². The van der Waals surface area contributed by atoms with Crippen LogP contribution in [-0.4, -0.2) is 36.7 Å². The highest BCUT2D eigenvalue weighted by Gasteiger charge is 2.45. The summed E-state index contributed by atoms with van der Waals surface area (Å²) in [6.07, 6.45) is 2.26. The Morgan fingerprint density at radius 3 is 2.78 bits per heavy atom. The molecule has 7 heteroatoms. The predicted octanol–water partition coefficient (Wildman–Crippen LogP) is 2.62. The lowest BCUT2D eigenvalue weighted by atomic mass is 10.2. The highest BCUT2D eigenvalue weighted by atomic mass is 28.4. The predicted molar refractivity (Wildman–Crippen MR) is 89.3 cm³/mol. The molecule has 3 heterocycles. The van der Waals surface area contributed by atoms with E-state index in [4.69, 9.17) is 13.9 Å². The van der Waals surface area contributed by atoms with E-state index in [1.165, 1.54) is 0 Å². The van der Waals surface area contributed by atoms with Crippen LogP contribution in [0.4, 0.5) is 0 Å². The molecule has 23 heavy (non-hydrogen) atoms. The van der Waals surface area contributed by atoms with Crippen molar-refractivity contribution in [3.63, 3.8) is 0 Å². The molecule has 0 bridgehead atoms. The fraction of sp³-hybridized carbons (Fsp3) is 0.750. The first-order chi connectivity index (χ1) is 10.6. The average Bonchev–Trinajstić information content (AvgIpc) is 2.94. The summed E-state index contributed by atoms with van der Waals surface area (Å²) >= 11 is 0. The summed E-state index contributed by atoms with van der Waals surface area (Å²) in [7, 11) is -1.78. The van der Waals surface area contributed by atoms with Gasteiger partial charge in [0.2, 0.25) is 0 Å². The maximum absolute atomic E-state index is 11.6. The molecule has 0 unspecified atom stereocenters. The SMILES string of the molecule is Cc1cn2c(nc1=O)O[C@H]1C[C@@H](CO[Si](C)(C)C(C)(C)C)O[C@H]12. The lowest BCUT2D eigenvalue weighted by Crippen LogP contribution is -2.42. The Hall–Kier alpha value is -1.18. The van der Waals surface area contributed by atoms with Crippen LogP contribution in [0.5, 0.6) is 6.01 Å². The van der Waals surface area contributed by atoms with Gasteiger partial charge in [0.15, 0.2) is 14.5 Å². The van der Waals surface area contributed by atoms with Gasteiger partial charge in [0.05, 0.1) is 12.7 Å². The van der Waals surface area contributed by atoms with E-state index >= 15 is 0 Å². The van der Waals surface area contributed by atoms with E-state index in [1.54, 1.807) is 13.1 Å². The zero-order chi connectivity index (χ0) is 17.0. The van der Waals surface area contributed by atoms with Crippen molar-refractivity contribution in [3.05, 3.63) is 22.1 Å². The number of aryl methyl sites for hydroxylation is 1. The highest BCUT2D eigenvalue weighted by molar-refractivity contribution is 6.74. The monoisotopic (exact) mass is 338 g/mol. The molecular weight excluding hydrogens is 312 g/mol. The number of nitrogens with zero attached hydrogens (tertiary/aromatic N) is 2. The molecule has 6 nitrogen and oxygen atoms in total. The van der Waals surface area contributed by atoms with Crippen LogP contribution in [0, 0.1) is 6.92 Å². The second-order valence-corrected chi connectivity index (χ2v) is 12.8. The summed E-state index contributed by atoms with van der Waals surface area (Å²) in [6.45, 7) is 13.5. The van der Waals surface area contributed by atoms with E-state index in [0.29, 0.717) is 18.2 Å². The Bertz CT molecular complexity index is 665. The molecule has 128 valence electrons. The Kier molecular flexibility index (Phi) is 3.93. The van der Waals surface area contributed by atoms with Gasteiger partial charge in [-0.05, 0) is 25.1 Å². The molecule has 0 radical (unpaired) electrons. The van der Waals surface area contributed by atoms with Crippen LogP contribution < -0.4 is 10.3 Å². The summed E-state index contributed by atoms with van der Waals surface area (Å²) in [5, 5.41) is 0.185. The molecular formula is C16H26N2O4Si. The van der Waals surface area contributed by atoms with E-state index in [2.05, 4.69) is 38.8 Å². The van der Waals surface area contributed by atoms with Crippen molar-refractivity contribution in [2.24, 2.45) is 0 Å². The van der Waals surface area contributed by atoms with Gasteiger partial charge < -0.3 is 13.9 Å². The maximum Gasteiger partial charge on any atom is 0.302 e. The quantitative estimate of drug-likeness (QED) is 0.793. The van der Waals surface area contributed by atoms with Gasteiger partial charge in [-0.1, -0.05) is 20.8 Å². The largest absolute Gasteiger partial charge is 0.456 e. The van der Waals surface area contributed by atoms with Gasteiger partial charge in [-0.2, -0.15) is 4.98 Å². The molecule has 0 amide bonds. The molecule has 1 saturated heterocycles. The minimum atomic E-state index is -1.78. The topological polar surface area (TPSA) is 62.6 Å². The van der Waals surface area contributed by atoms with Crippen molar-refractivity contribution in [2.45, 2.75) is 70.7 Å². The molecule has 2 aliphatic rings. The van der Waals surface area contributed by atoms with Crippen molar-refractivity contribution in [3.8, 4) is 6.01 Å². The van der Waals surface area contributed by atoms with E-state index < -0.39 is 8.32 Å². The molecule has 0 aliphatic carbocycles. The summed E-state index contributed by atoms with van der Waals surface area (Å²) in [5.41, 5.74) is 0.358. The van der Waals surface area contributed by atoms with Crippen molar-refractivity contribution >= 4 is 8.32 Å². The van der Waals surface area contributed by atoms with E-state index in [0.717, 1.165) is 6.42 Å². The Morgan fingerprint density at radius 2 is 2.13 bits per heavy atom. The third-order valence-corrected chi connectivity index (χ3v) is 9.70. The van der Waals surface area contributed by atoms with Crippen LogP contribution in [0.15, 0.2) is 11.0 Å². The fourth-order valence-corrected chi connectivity index (χ4v) is 3.68. The van der Waals surface area contributed by atoms with Crippen LogP contribution in [0.1, 0.15) is 39.0 Å². The standard InChI is InChI=1S/C16H26N2O4Si/c1-10-8-18-14-12(22-15(18)17-13(10)19)7-11(21-14)9-20-23(5,6)16(2,3)4/h8,11-12,14H,7,9H2,1-6H3/t11-,12-,14+/m0/s1. The van der Waals surface area contributed by atoms with Gasteiger partial charge in [0, 0.05) is 18.2 Å². The third kappa shape index (κ3) is 2.97. The van der Waals surface area contributed by atoms with Gasteiger partial charge in [0.25, 0.3) is 5.56 Å². The summed E-state index contributed by atoms with van der Waals surface area (Å²) in [6, 6.07) is 0.361. The van der Waals surface area contributed by atoms with Crippen molar-refractivity contribution < 1.29 is 13.9 Å². The fourth-order valence-electron chi connectivity index (χ4n) is 2.65. The molecule has 0 N–H and O–H groups in total. The lowest BCUT2D eigenvalue weighted by molar-refractivity contribution is -0.0234. The van der Waals surface area contributed by atoms with Crippen molar-refractivity contribution in [1.29, 1.82) is 0 Å². The number of ether oxygens (including phenoxy) is 2. The molecule has 1 aromatic rings. The lowest BCUT2D eigenvalue weighted by Gasteiger charge is -2.36. The second-order valence-electron chi connectivity index (χ2n) is 8.03. The zero-order valence-electron chi connectivity index (χ0n) is 14.8. The van der Waals surface area contributed by atoms with Gasteiger partial charge in [0.1, 0.15) is 6.10 Å². The van der Waals surface area contributed by atoms with E-state index in [-0.39, 0.29) is 29.0 Å². The maximum atomic E-state index is 11.6. The average molecular weight is 338 g/mol. The Morgan fingerprint density at radius 1 is 1.43 bits per heavy atom. The molecule has 3 rings (SSSR count). The first-order valence-electron chi connectivity index (χ1n) is 8.14. The van der Waals surface area contributed by atoms with Crippen molar-refractivity contribution in [1.82, 2.24) is 9.55 Å². The second kappa shape index (κ2) is 5.43. The van der Waals surface area contributed by atoms with Gasteiger partial charge >= 0.3 is 6.01 Å². The summed E-state index contributed by atoms with van der Waals surface area (Å²) < 4.78 is 20.0. The van der Waals surface area contributed by atoms with E-state index in [9.17, 15) is 4.79 Å². The Labute approximate surface area is 137 Å². The summed E-state index contributed by atoms with van der Waals surface area (Å²) in [5.74, 6) is 0.